The lowest BCUT2D eigenvalue weighted by atomic mass is 10.1. The van der Waals surface area contributed by atoms with Crippen LogP contribution < -0.4 is 19.7 Å². The van der Waals surface area contributed by atoms with E-state index in [2.05, 4.69) is 10.1 Å². The van der Waals surface area contributed by atoms with E-state index >= 15 is 0 Å². The van der Waals surface area contributed by atoms with Crippen molar-refractivity contribution in [1.29, 1.82) is 0 Å². The zero-order chi connectivity index (χ0) is 27.4. The quantitative estimate of drug-likeness (QED) is 0.351. The Morgan fingerprint density at radius 3 is 2.18 bits per heavy atom. The predicted molar refractivity (Wildman–Crippen MR) is 140 cm³/mol. The van der Waals surface area contributed by atoms with E-state index in [-0.39, 0.29) is 23.8 Å². The third-order valence-electron chi connectivity index (χ3n) is 5.67. The molecule has 1 fully saturated rings. The topological polar surface area (TPSA) is 71.1 Å². The summed E-state index contributed by atoms with van der Waals surface area (Å²) < 4.78 is 46.7. The van der Waals surface area contributed by atoms with Gasteiger partial charge in [-0.3, -0.25) is 14.5 Å². The van der Waals surface area contributed by atoms with Crippen molar-refractivity contribution in [2.45, 2.75) is 25.4 Å². The summed E-state index contributed by atoms with van der Waals surface area (Å²) >= 11 is 11.5. The van der Waals surface area contributed by atoms with Crippen LogP contribution in [0.2, 0.25) is 5.02 Å². The van der Waals surface area contributed by atoms with Crippen molar-refractivity contribution >= 4 is 52.1 Å². The van der Waals surface area contributed by atoms with E-state index in [9.17, 15) is 22.8 Å². The van der Waals surface area contributed by atoms with Gasteiger partial charge in [0.15, 0.2) is 5.11 Å². The van der Waals surface area contributed by atoms with Crippen LogP contribution in [0.5, 0.6) is 11.5 Å². The second-order valence-electron chi connectivity index (χ2n) is 8.25. The molecule has 1 aliphatic rings. The highest BCUT2D eigenvalue weighted by molar-refractivity contribution is 7.80. The smallest absolute Gasteiger partial charge is 0.497 e. The molecular weight excluding hydrogens is 543 g/mol. The minimum atomic E-state index is -4.81. The molecule has 0 aliphatic carbocycles. The summed E-state index contributed by atoms with van der Waals surface area (Å²) in [5.74, 6) is -0.629. The van der Waals surface area contributed by atoms with Gasteiger partial charge in [-0.05, 0) is 78.4 Å². The molecule has 0 bridgehead atoms. The van der Waals surface area contributed by atoms with Crippen LogP contribution in [0.4, 0.5) is 24.5 Å². The normalized spacial score (nSPS) is 15.6. The molecule has 1 atom stereocenters. The fourth-order valence-corrected chi connectivity index (χ4v) is 4.41. The number of amides is 2. The molecule has 12 heteroatoms. The summed E-state index contributed by atoms with van der Waals surface area (Å²) in [6, 6.07) is 17.5. The minimum absolute atomic E-state index is 0.0718. The van der Waals surface area contributed by atoms with Crippen LogP contribution >= 0.6 is 23.8 Å². The Labute approximate surface area is 226 Å². The van der Waals surface area contributed by atoms with Gasteiger partial charge < -0.3 is 19.7 Å². The molecule has 38 heavy (non-hydrogen) atoms. The summed E-state index contributed by atoms with van der Waals surface area (Å²) in [6.45, 7) is 0.0718. The number of nitrogens with zero attached hydrogens (tertiary/aromatic N) is 2. The second kappa shape index (κ2) is 11.3. The average Bonchev–Trinajstić information content (AvgIpc) is 3.09. The average molecular weight is 564 g/mol. The van der Waals surface area contributed by atoms with E-state index < -0.39 is 24.2 Å². The fraction of sp³-hybridized carbons (Fsp3) is 0.192. The lowest BCUT2D eigenvalue weighted by molar-refractivity contribution is -0.274. The molecule has 198 valence electrons. The number of carbonyl (C=O) groups is 2. The van der Waals surface area contributed by atoms with Crippen LogP contribution in [0.1, 0.15) is 12.0 Å². The van der Waals surface area contributed by atoms with Crippen LogP contribution in [-0.4, -0.2) is 41.3 Å². The van der Waals surface area contributed by atoms with Crippen LogP contribution in [0.15, 0.2) is 72.8 Å². The number of methoxy groups -OCH3 is 1. The number of hydrogen-bond donors (Lipinski definition) is 1. The molecule has 1 N–H and O–H groups in total. The van der Waals surface area contributed by atoms with E-state index in [0.29, 0.717) is 27.7 Å². The van der Waals surface area contributed by atoms with E-state index in [1.165, 1.54) is 36.3 Å². The number of thiocarbonyl (C=S) groups is 1. The van der Waals surface area contributed by atoms with E-state index in [0.717, 1.165) is 0 Å². The van der Waals surface area contributed by atoms with Crippen LogP contribution in [0, 0.1) is 0 Å². The molecule has 2 amide bonds. The third kappa shape index (κ3) is 6.53. The highest BCUT2D eigenvalue weighted by Crippen LogP contribution is 2.31. The van der Waals surface area contributed by atoms with Crippen molar-refractivity contribution in [1.82, 2.24) is 4.90 Å². The van der Waals surface area contributed by atoms with Crippen molar-refractivity contribution in [3.63, 3.8) is 0 Å². The van der Waals surface area contributed by atoms with Gasteiger partial charge in [-0.15, -0.1) is 13.2 Å². The van der Waals surface area contributed by atoms with Gasteiger partial charge in [-0.25, -0.2) is 0 Å². The number of alkyl halides is 3. The number of carbonyl (C=O) groups excluding carboxylic acids is 2. The Hall–Kier alpha value is -3.83. The molecule has 0 spiro atoms. The van der Waals surface area contributed by atoms with Gasteiger partial charge in [-0.2, -0.15) is 0 Å². The number of halogens is 4. The lowest BCUT2D eigenvalue weighted by Crippen LogP contribution is -2.37. The van der Waals surface area contributed by atoms with Crippen molar-refractivity contribution in [3.8, 4) is 11.5 Å². The molecule has 1 saturated heterocycles. The Morgan fingerprint density at radius 2 is 1.61 bits per heavy atom. The van der Waals surface area contributed by atoms with Gasteiger partial charge in [0, 0.05) is 17.3 Å². The van der Waals surface area contributed by atoms with Gasteiger partial charge >= 0.3 is 6.36 Å². The first-order valence-electron chi connectivity index (χ1n) is 11.2. The van der Waals surface area contributed by atoms with Crippen LogP contribution in [0.25, 0.3) is 0 Å². The van der Waals surface area contributed by atoms with Crippen LogP contribution in [-0.2, 0) is 16.1 Å². The number of anilines is 2. The molecule has 1 aliphatic heterocycles. The summed E-state index contributed by atoms with van der Waals surface area (Å²) in [5, 5.41) is 3.40. The van der Waals surface area contributed by atoms with Crippen LogP contribution in [0.3, 0.4) is 0 Å². The largest absolute Gasteiger partial charge is 0.573 e. The summed E-state index contributed by atoms with van der Waals surface area (Å²) in [7, 11) is 1.52. The molecule has 4 rings (SSSR count). The molecule has 0 radical (unpaired) electrons. The zero-order valence-electron chi connectivity index (χ0n) is 19.9. The second-order valence-corrected chi connectivity index (χ2v) is 9.05. The number of rotatable bonds is 8. The fourth-order valence-electron chi connectivity index (χ4n) is 3.90. The van der Waals surface area contributed by atoms with Gasteiger partial charge in [0.2, 0.25) is 5.91 Å². The molecule has 0 saturated carbocycles. The first-order chi connectivity index (χ1) is 18.0. The Bertz CT molecular complexity index is 1320. The molecule has 3 aromatic rings. The maximum Gasteiger partial charge on any atom is 0.573 e. The lowest BCUT2D eigenvalue weighted by Gasteiger charge is -2.24. The maximum atomic E-state index is 13.5. The van der Waals surface area contributed by atoms with Crippen molar-refractivity contribution in [2.24, 2.45) is 0 Å². The first kappa shape index (κ1) is 27.2. The number of hydrogen-bond acceptors (Lipinski definition) is 5. The van der Waals surface area contributed by atoms with E-state index in [4.69, 9.17) is 28.6 Å². The van der Waals surface area contributed by atoms with Crippen molar-refractivity contribution in [3.05, 3.63) is 83.4 Å². The highest BCUT2D eigenvalue weighted by atomic mass is 35.5. The minimum Gasteiger partial charge on any atom is -0.497 e. The molecule has 0 aromatic heterocycles. The maximum absolute atomic E-state index is 13.5. The number of ether oxygens (including phenoxy) is 2. The highest BCUT2D eigenvalue weighted by Gasteiger charge is 2.44. The number of benzene rings is 3. The molecule has 7 nitrogen and oxygen atoms in total. The van der Waals surface area contributed by atoms with Gasteiger partial charge in [0.25, 0.3) is 5.91 Å². The number of nitrogens with one attached hydrogen (secondary N) is 1. The summed E-state index contributed by atoms with van der Waals surface area (Å²) in [6.07, 6.45) is -5.03. The Morgan fingerprint density at radius 1 is 1.00 bits per heavy atom. The predicted octanol–water partition coefficient (Wildman–Crippen LogP) is 5.78. The van der Waals surface area contributed by atoms with Gasteiger partial charge in [-0.1, -0.05) is 23.7 Å². The molecular formula is C26H21ClF3N3O4S. The summed E-state index contributed by atoms with van der Waals surface area (Å²) in [5.41, 5.74) is 1.56. The molecule has 1 unspecified atom stereocenters. The van der Waals surface area contributed by atoms with E-state index in [1.54, 1.807) is 53.4 Å². The molecule has 1 heterocycles. The van der Waals surface area contributed by atoms with Crippen molar-refractivity contribution < 1.29 is 32.2 Å². The monoisotopic (exact) mass is 563 g/mol. The van der Waals surface area contributed by atoms with Gasteiger partial charge in [0.1, 0.15) is 17.5 Å². The third-order valence-corrected chi connectivity index (χ3v) is 6.33. The SMILES string of the molecule is COc1ccc(N2C(=O)C(CC(=O)Nc3ccc(Cl)cc3)N(Cc3ccc(OC(F)(F)F)cc3)C2=S)cc1. The zero-order valence-corrected chi connectivity index (χ0v) is 21.4. The standard InChI is InChI=1S/C26H21ClF3N3O4S/c1-36-20-12-8-19(9-13-20)33-24(35)22(14-23(34)31-18-6-4-17(27)5-7-18)32(25(33)38)15-16-2-10-21(11-3-16)37-26(28,29)30/h2-13,22H,14-15H2,1H3,(H,31,34). The van der Waals surface area contributed by atoms with Gasteiger partial charge in [0.05, 0.1) is 19.2 Å². The Balaban J connectivity index is 1.58. The first-order valence-corrected chi connectivity index (χ1v) is 12.0. The van der Waals surface area contributed by atoms with Crippen molar-refractivity contribution in [2.75, 3.05) is 17.3 Å². The molecule has 3 aromatic carbocycles. The Kier molecular flexibility index (Phi) is 8.08. The van der Waals surface area contributed by atoms with E-state index in [1.807, 2.05) is 0 Å². The summed E-state index contributed by atoms with van der Waals surface area (Å²) in [4.78, 5) is 29.3.